The molecule has 1 aliphatic rings. The topological polar surface area (TPSA) is 94.9 Å². The van der Waals surface area contributed by atoms with Crippen molar-refractivity contribution in [2.45, 2.75) is 23.5 Å². The van der Waals surface area contributed by atoms with Crippen molar-refractivity contribution in [3.63, 3.8) is 0 Å². The van der Waals surface area contributed by atoms with E-state index >= 15 is 0 Å². The molecule has 2 atom stereocenters. The molecule has 6 nitrogen and oxygen atoms in total. The molecule has 1 heterocycles. The molecular formula is C11H11Br2NO5S. The van der Waals surface area contributed by atoms with Crippen molar-refractivity contribution < 1.29 is 23.4 Å². The second kappa shape index (κ2) is 5.72. The summed E-state index contributed by atoms with van der Waals surface area (Å²) in [5.41, 5.74) is 0. The first-order valence-electron chi connectivity index (χ1n) is 5.61. The van der Waals surface area contributed by atoms with E-state index in [0.717, 1.165) is 4.31 Å². The molecule has 110 valence electrons. The number of sulfonamides is 1. The highest BCUT2D eigenvalue weighted by Gasteiger charge is 2.44. The monoisotopic (exact) mass is 427 g/mol. The molecule has 0 unspecified atom stereocenters. The normalized spacial score (nSPS) is 23.9. The van der Waals surface area contributed by atoms with Crippen LogP contribution < -0.4 is 0 Å². The minimum Gasteiger partial charge on any atom is -0.480 e. The van der Waals surface area contributed by atoms with Gasteiger partial charge in [0, 0.05) is 21.9 Å². The summed E-state index contributed by atoms with van der Waals surface area (Å²) in [6, 6.07) is 3.36. The van der Waals surface area contributed by atoms with Crippen LogP contribution in [0.3, 0.4) is 0 Å². The average molecular weight is 429 g/mol. The molecule has 2 N–H and O–H groups in total. The number of carbonyl (C=O) groups is 1. The lowest BCUT2D eigenvalue weighted by molar-refractivity contribution is -0.140. The van der Waals surface area contributed by atoms with Gasteiger partial charge in [-0.25, -0.2) is 8.42 Å². The summed E-state index contributed by atoms with van der Waals surface area (Å²) in [6.45, 7) is -0.224. The van der Waals surface area contributed by atoms with Gasteiger partial charge in [0.05, 0.1) is 11.0 Å². The summed E-state index contributed by atoms with van der Waals surface area (Å²) in [5.74, 6) is -1.27. The van der Waals surface area contributed by atoms with E-state index in [4.69, 9.17) is 5.11 Å². The van der Waals surface area contributed by atoms with Crippen LogP contribution in [0.1, 0.15) is 6.42 Å². The van der Waals surface area contributed by atoms with Gasteiger partial charge in [0.1, 0.15) is 6.04 Å². The van der Waals surface area contributed by atoms with Crippen LogP contribution in [0.5, 0.6) is 0 Å². The molecule has 0 radical (unpaired) electrons. The van der Waals surface area contributed by atoms with Gasteiger partial charge in [0.2, 0.25) is 10.0 Å². The van der Waals surface area contributed by atoms with E-state index in [-0.39, 0.29) is 17.9 Å². The van der Waals surface area contributed by atoms with Crippen molar-refractivity contribution in [1.29, 1.82) is 0 Å². The van der Waals surface area contributed by atoms with Crippen LogP contribution in [-0.4, -0.2) is 47.6 Å². The quantitative estimate of drug-likeness (QED) is 0.759. The van der Waals surface area contributed by atoms with Crippen LogP contribution in [0.4, 0.5) is 0 Å². The Morgan fingerprint density at radius 2 is 2.00 bits per heavy atom. The number of halogens is 2. The number of carboxylic acid groups (broad SMARTS) is 1. The highest BCUT2D eigenvalue weighted by Crippen LogP contribution is 2.32. The Bertz CT molecular complexity index is 648. The number of carboxylic acids is 1. The molecule has 0 saturated carbocycles. The molecule has 2 rings (SSSR count). The summed E-state index contributed by atoms with van der Waals surface area (Å²) in [6.07, 6.45) is -1.09. The van der Waals surface area contributed by atoms with Gasteiger partial charge in [-0.2, -0.15) is 4.31 Å². The molecule has 1 aromatic carbocycles. The third-order valence-electron chi connectivity index (χ3n) is 3.00. The van der Waals surface area contributed by atoms with Crippen LogP contribution in [0.15, 0.2) is 32.0 Å². The number of benzene rings is 1. The molecule has 0 amide bonds. The number of β-amino-alcohol motifs (C(OH)–C–C–N with tert-alkyl or cyclic N) is 1. The van der Waals surface area contributed by atoms with Gasteiger partial charge in [-0.15, -0.1) is 0 Å². The average Bonchev–Trinajstić information content (AvgIpc) is 2.75. The largest absolute Gasteiger partial charge is 0.480 e. The number of nitrogens with zero attached hydrogens (tertiary/aromatic N) is 1. The maximum Gasteiger partial charge on any atom is 0.322 e. The predicted octanol–water partition coefficient (Wildman–Crippen LogP) is 1.42. The molecule has 20 heavy (non-hydrogen) atoms. The summed E-state index contributed by atoms with van der Waals surface area (Å²) < 4.78 is 26.9. The van der Waals surface area contributed by atoms with Crippen molar-refractivity contribution in [1.82, 2.24) is 4.31 Å². The molecule has 9 heteroatoms. The molecular weight excluding hydrogens is 418 g/mol. The van der Waals surface area contributed by atoms with Crippen molar-refractivity contribution in [3.05, 3.63) is 27.1 Å². The van der Waals surface area contributed by atoms with Crippen molar-refractivity contribution in [2.75, 3.05) is 6.54 Å². The van der Waals surface area contributed by atoms with E-state index in [2.05, 4.69) is 31.9 Å². The minimum atomic E-state index is -4.00. The third kappa shape index (κ3) is 2.91. The summed E-state index contributed by atoms with van der Waals surface area (Å²) in [4.78, 5) is 11.1. The Kier molecular flexibility index (Phi) is 4.55. The Hall–Kier alpha value is -0.480. The maximum absolute atomic E-state index is 12.6. The fourth-order valence-electron chi connectivity index (χ4n) is 2.08. The first-order valence-corrected chi connectivity index (χ1v) is 8.64. The fraction of sp³-hybridized carbons (Fsp3) is 0.364. The molecule has 0 bridgehead atoms. The Balaban J connectivity index is 2.49. The lowest BCUT2D eigenvalue weighted by Gasteiger charge is -2.21. The van der Waals surface area contributed by atoms with Gasteiger partial charge in [-0.1, -0.05) is 15.9 Å². The van der Waals surface area contributed by atoms with E-state index in [0.29, 0.717) is 8.95 Å². The van der Waals surface area contributed by atoms with E-state index in [1.165, 1.54) is 6.07 Å². The lowest BCUT2D eigenvalue weighted by Crippen LogP contribution is -2.40. The smallest absolute Gasteiger partial charge is 0.322 e. The van der Waals surface area contributed by atoms with E-state index in [9.17, 15) is 18.3 Å². The van der Waals surface area contributed by atoms with Crippen molar-refractivity contribution >= 4 is 47.9 Å². The van der Waals surface area contributed by atoms with Crippen LogP contribution in [0.25, 0.3) is 0 Å². The Labute approximate surface area is 132 Å². The third-order valence-corrected chi connectivity index (χ3v) is 6.36. The SMILES string of the molecule is O=C(O)[C@H]1C[C@@H](O)CN1S(=O)(=O)c1cc(Br)ccc1Br. The van der Waals surface area contributed by atoms with E-state index in [1.807, 2.05) is 0 Å². The zero-order chi connectivity index (χ0) is 15.1. The van der Waals surface area contributed by atoms with Gasteiger partial charge >= 0.3 is 5.97 Å². The molecule has 0 aromatic heterocycles. The fourth-order valence-corrected chi connectivity index (χ4v) is 5.17. The van der Waals surface area contributed by atoms with Gasteiger partial charge in [0.15, 0.2) is 0 Å². The summed E-state index contributed by atoms with van der Waals surface area (Å²) in [5, 5.41) is 18.7. The molecule has 0 aliphatic carbocycles. The number of aliphatic hydroxyl groups is 1. The molecule has 1 aliphatic heterocycles. The molecule has 1 fully saturated rings. The van der Waals surface area contributed by atoms with Crippen LogP contribution >= 0.6 is 31.9 Å². The lowest BCUT2D eigenvalue weighted by atomic mass is 10.2. The van der Waals surface area contributed by atoms with Gasteiger partial charge in [-0.05, 0) is 34.1 Å². The Morgan fingerprint density at radius 1 is 1.35 bits per heavy atom. The first-order chi connectivity index (χ1) is 9.23. The van der Waals surface area contributed by atoms with Gasteiger partial charge in [-0.3, -0.25) is 4.79 Å². The zero-order valence-electron chi connectivity index (χ0n) is 10.0. The van der Waals surface area contributed by atoms with Gasteiger partial charge < -0.3 is 10.2 Å². The van der Waals surface area contributed by atoms with Crippen molar-refractivity contribution in [2.24, 2.45) is 0 Å². The number of rotatable bonds is 3. The van der Waals surface area contributed by atoms with Gasteiger partial charge in [0.25, 0.3) is 0 Å². The van der Waals surface area contributed by atoms with Crippen LogP contribution in [0, 0.1) is 0 Å². The summed E-state index contributed by atoms with van der Waals surface area (Å²) in [7, 11) is -4.00. The number of aliphatic hydroxyl groups excluding tert-OH is 1. The second-order valence-electron chi connectivity index (χ2n) is 4.39. The number of aliphatic carboxylic acids is 1. The second-order valence-corrected chi connectivity index (χ2v) is 8.02. The maximum atomic E-state index is 12.6. The zero-order valence-corrected chi connectivity index (χ0v) is 14.0. The minimum absolute atomic E-state index is 0.0350. The predicted molar refractivity (Wildman–Crippen MR) is 77.8 cm³/mol. The molecule has 1 aromatic rings. The summed E-state index contributed by atoms with van der Waals surface area (Å²) >= 11 is 6.33. The van der Waals surface area contributed by atoms with Crippen LogP contribution in [-0.2, 0) is 14.8 Å². The standard InChI is InChI=1S/C11H11Br2NO5S/c12-6-1-2-8(13)10(3-6)20(18,19)14-5-7(15)4-9(14)11(16)17/h1-3,7,9,15H,4-5H2,(H,16,17)/t7-,9-/m1/s1. The number of hydrogen-bond acceptors (Lipinski definition) is 4. The molecule has 1 saturated heterocycles. The van der Waals surface area contributed by atoms with E-state index in [1.54, 1.807) is 12.1 Å². The number of hydrogen-bond donors (Lipinski definition) is 2. The highest BCUT2D eigenvalue weighted by molar-refractivity contribution is 9.11. The Morgan fingerprint density at radius 3 is 2.60 bits per heavy atom. The first kappa shape index (κ1) is 15.9. The van der Waals surface area contributed by atoms with Crippen molar-refractivity contribution in [3.8, 4) is 0 Å². The van der Waals surface area contributed by atoms with Crippen LogP contribution in [0.2, 0.25) is 0 Å². The van der Waals surface area contributed by atoms with E-state index < -0.39 is 28.1 Å². The molecule has 0 spiro atoms. The highest BCUT2D eigenvalue weighted by atomic mass is 79.9.